The zero-order valence-corrected chi connectivity index (χ0v) is 13.5. The van der Waals surface area contributed by atoms with Gasteiger partial charge in [-0.15, -0.1) is 0 Å². The second-order valence-corrected chi connectivity index (χ2v) is 5.47. The van der Waals surface area contributed by atoms with Gasteiger partial charge in [-0.2, -0.15) is 0 Å². The van der Waals surface area contributed by atoms with E-state index in [0.717, 1.165) is 6.07 Å². The fourth-order valence-corrected chi connectivity index (χ4v) is 2.65. The van der Waals surface area contributed by atoms with Crippen molar-refractivity contribution in [1.29, 1.82) is 0 Å². The van der Waals surface area contributed by atoms with Gasteiger partial charge in [0.2, 0.25) is 5.75 Å². The van der Waals surface area contributed by atoms with E-state index < -0.39 is 17.5 Å². The van der Waals surface area contributed by atoms with Gasteiger partial charge in [0.25, 0.3) is 0 Å². The molecule has 1 aliphatic heterocycles. The van der Waals surface area contributed by atoms with Crippen LogP contribution in [0.5, 0.6) is 34.5 Å². The van der Waals surface area contributed by atoms with Gasteiger partial charge in [-0.1, -0.05) is 0 Å². The van der Waals surface area contributed by atoms with E-state index in [-0.39, 0.29) is 45.6 Å². The van der Waals surface area contributed by atoms with Gasteiger partial charge in [-0.05, 0) is 31.5 Å². The lowest BCUT2D eigenvalue weighted by Crippen LogP contribution is -2.10. The standard InChI is InChI=1S/C17H14O8/c1-6-4-10(19)14(23-3)15-11(6)17(22)25-12-7(2)9(18)5-8(16(20)21)13(12)24-15/h4-5,18-19H,1-3H3,(H,20,21). The summed E-state index contributed by atoms with van der Waals surface area (Å²) in [4.78, 5) is 24.1. The number of benzene rings is 2. The Balaban J connectivity index is 2.39. The third kappa shape index (κ3) is 2.38. The van der Waals surface area contributed by atoms with E-state index in [1.165, 1.54) is 20.1 Å². The number of carbonyl (C=O) groups is 2. The Morgan fingerprint density at radius 2 is 1.72 bits per heavy atom. The van der Waals surface area contributed by atoms with Gasteiger partial charge >= 0.3 is 11.9 Å². The van der Waals surface area contributed by atoms with Crippen molar-refractivity contribution >= 4 is 11.9 Å². The first-order valence-electron chi connectivity index (χ1n) is 7.16. The predicted octanol–water partition coefficient (Wildman–Crippen LogP) is 2.75. The summed E-state index contributed by atoms with van der Waals surface area (Å²) in [7, 11) is 1.27. The number of rotatable bonds is 2. The van der Waals surface area contributed by atoms with Crippen LogP contribution >= 0.6 is 0 Å². The van der Waals surface area contributed by atoms with E-state index in [9.17, 15) is 24.9 Å². The molecule has 3 rings (SSSR count). The molecular formula is C17H14O8. The highest BCUT2D eigenvalue weighted by molar-refractivity contribution is 6.01. The van der Waals surface area contributed by atoms with Crippen molar-refractivity contribution in [3.05, 3.63) is 34.4 Å². The highest BCUT2D eigenvalue weighted by Gasteiger charge is 2.34. The van der Waals surface area contributed by atoms with Gasteiger partial charge in [-0.3, -0.25) is 0 Å². The van der Waals surface area contributed by atoms with Crippen LogP contribution in [0.25, 0.3) is 0 Å². The molecule has 0 aliphatic carbocycles. The maximum Gasteiger partial charge on any atom is 0.347 e. The molecule has 0 aromatic heterocycles. The number of aromatic carboxylic acids is 1. The van der Waals surface area contributed by atoms with Crippen LogP contribution in [-0.2, 0) is 0 Å². The lowest BCUT2D eigenvalue weighted by atomic mass is 10.1. The lowest BCUT2D eigenvalue weighted by Gasteiger charge is -2.15. The number of aryl methyl sites for hydroxylation is 1. The molecule has 8 nitrogen and oxygen atoms in total. The first-order chi connectivity index (χ1) is 11.8. The third-order valence-corrected chi connectivity index (χ3v) is 3.91. The predicted molar refractivity (Wildman–Crippen MR) is 84.2 cm³/mol. The Kier molecular flexibility index (Phi) is 3.67. The minimum absolute atomic E-state index is 0.0129. The number of methoxy groups -OCH3 is 1. The molecule has 130 valence electrons. The third-order valence-electron chi connectivity index (χ3n) is 3.91. The van der Waals surface area contributed by atoms with Crippen LogP contribution in [0.4, 0.5) is 0 Å². The average Bonchev–Trinajstić information content (AvgIpc) is 2.68. The Hall–Kier alpha value is -3.42. The van der Waals surface area contributed by atoms with Gasteiger partial charge in [0, 0.05) is 5.56 Å². The molecule has 25 heavy (non-hydrogen) atoms. The van der Waals surface area contributed by atoms with Crippen LogP contribution in [0, 0.1) is 13.8 Å². The second-order valence-electron chi connectivity index (χ2n) is 5.47. The number of fused-ring (bicyclic) bond motifs is 2. The molecule has 0 spiro atoms. The zero-order chi connectivity index (χ0) is 18.5. The highest BCUT2D eigenvalue weighted by atomic mass is 16.6. The molecule has 0 saturated carbocycles. The Labute approximate surface area is 141 Å². The fraction of sp³-hybridized carbons (Fsp3) is 0.176. The first-order valence-corrected chi connectivity index (χ1v) is 7.16. The van der Waals surface area contributed by atoms with E-state index in [0.29, 0.717) is 5.56 Å². The molecule has 3 N–H and O–H groups in total. The largest absolute Gasteiger partial charge is 0.508 e. The molecule has 1 heterocycles. The van der Waals surface area contributed by atoms with E-state index in [1.54, 1.807) is 6.92 Å². The van der Waals surface area contributed by atoms with Gasteiger partial charge in [0.15, 0.2) is 23.0 Å². The SMILES string of the molecule is COc1c(O)cc(C)c2c1Oc1c(C(=O)O)cc(O)c(C)c1OC2=O. The summed E-state index contributed by atoms with van der Waals surface area (Å²) in [6.07, 6.45) is 0. The maximum absolute atomic E-state index is 12.5. The molecule has 8 heteroatoms. The number of carboxylic acid groups (broad SMARTS) is 1. The molecular weight excluding hydrogens is 332 g/mol. The quantitative estimate of drug-likeness (QED) is 0.560. The van der Waals surface area contributed by atoms with Crippen LogP contribution in [0.15, 0.2) is 12.1 Å². The number of esters is 1. The fourth-order valence-electron chi connectivity index (χ4n) is 2.65. The summed E-state index contributed by atoms with van der Waals surface area (Å²) in [6.45, 7) is 3.01. The van der Waals surface area contributed by atoms with Crippen molar-refractivity contribution < 1.29 is 39.1 Å². The van der Waals surface area contributed by atoms with E-state index in [1.807, 2.05) is 0 Å². The van der Waals surface area contributed by atoms with Gasteiger partial charge in [-0.25, -0.2) is 9.59 Å². The van der Waals surface area contributed by atoms with E-state index in [2.05, 4.69) is 0 Å². The van der Waals surface area contributed by atoms with Crippen LogP contribution in [0.2, 0.25) is 0 Å². The average molecular weight is 346 g/mol. The lowest BCUT2D eigenvalue weighted by molar-refractivity contribution is 0.0685. The smallest absolute Gasteiger partial charge is 0.347 e. The molecule has 0 amide bonds. The summed E-state index contributed by atoms with van der Waals surface area (Å²) in [5.41, 5.74) is 0.0785. The van der Waals surface area contributed by atoms with Crippen molar-refractivity contribution in [3.8, 4) is 34.5 Å². The zero-order valence-electron chi connectivity index (χ0n) is 13.5. The molecule has 2 aromatic rings. The van der Waals surface area contributed by atoms with E-state index >= 15 is 0 Å². The summed E-state index contributed by atoms with van der Waals surface area (Å²) < 4.78 is 16.0. The number of phenols is 2. The van der Waals surface area contributed by atoms with Crippen molar-refractivity contribution in [2.24, 2.45) is 0 Å². The molecule has 0 radical (unpaired) electrons. The number of aromatic hydroxyl groups is 2. The van der Waals surface area contributed by atoms with Crippen molar-refractivity contribution in [2.45, 2.75) is 13.8 Å². The highest BCUT2D eigenvalue weighted by Crippen LogP contribution is 2.50. The van der Waals surface area contributed by atoms with Crippen molar-refractivity contribution in [3.63, 3.8) is 0 Å². The van der Waals surface area contributed by atoms with E-state index in [4.69, 9.17) is 14.2 Å². The first kappa shape index (κ1) is 16.4. The molecule has 1 aliphatic rings. The minimum atomic E-state index is -1.39. The number of ether oxygens (including phenoxy) is 3. The molecule has 0 saturated heterocycles. The normalized spacial score (nSPS) is 12.4. The Morgan fingerprint density at radius 3 is 2.32 bits per heavy atom. The Bertz CT molecular complexity index is 929. The number of phenolic OH excluding ortho intramolecular Hbond substituents is 2. The minimum Gasteiger partial charge on any atom is -0.508 e. The molecule has 2 aromatic carbocycles. The van der Waals surface area contributed by atoms with Crippen molar-refractivity contribution in [1.82, 2.24) is 0 Å². The number of carbonyl (C=O) groups excluding carboxylic acids is 1. The van der Waals surface area contributed by atoms with Gasteiger partial charge in [0.05, 0.1) is 7.11 Å². The van der Waals surface area contributed by atoms with Crippen LogP contribution in [0.1, 0.15) is 31.8 Å². The van der Waals surface area contributed by atoms with Crippen LogP contribution < -0.4 is 14.2 Å². The second kappa shape index (κ2) is 5.59. The summed E-state index contributed by atoms with van der Waals surface area (Å²) in [5, 5.41) is 29.3. The maximum atomic E-state index is 12.5. The summed E-state index contributed by atoms with van der Waals surface area (Å²) >= 11 is 0. The summed E-state index contributed by atoms with van der Waals surface area (Å²) in [5.74, 6) is -3.61. The number of hydrogen-bond acceptors (Lipinski definition) is 7. The molecule has 0 fully saturated rings. The van der Waals surface area contributed by atoms with Crippen LogP contribution in [0.3, 0.4) is 0 Å². The van der Waals surface area contributed by atoms with Gasteiger partial charge < -0.3 is 29.5 Å². The van der Waals surface area contributed by atoms with Crippen molar-refractivity contribution in [2.75, 3.05) is 7.11 Å². The topological polar surface area (TPSA) is 123 Å². The Morgan fingerprint density at radius 1 is 1.04 bits per heavy atom. The molecule has 0 unspecified atom stereocenters. The van der Waals surface area contributed by atoms with Crippen LogP contribution in [-0.4, -0.2) is 34.4 Å². The number of carboxylic acids is 1. The monoisotopic (exact) mass is 346 g/mol. The number of hydrogen-bond donors (Lipinski definition) is 3. The molecule has 0 atom stereocenters. The molecule has 0 bridgehead atoms. The van der Waals surface area contributed by atoms with Gasteiger partial charge in [0.1, 0.15) is 16.9 Å². The summed E-state index contributed by atoms with van der Waals surface area (Å²) in [6, 6.07) is 2.30.